The van der Waals surface area contributed by atoms with Gasteiger partial charge in [-0.05, 0) is 49.2 Å². The molecule has 0 aliphatic carbocycles. The molecule has 5 rings (SSSR count). The summed E-state index contributed by atoms with van der Waals surface area (Å²) in [7, 11) is 4.65. The molecular weight excluding hydrogens is 620 g/mol. The van der Waals surface area contributed by atoms with Crippen LogP contribution in [-0.2, 0) is 13.1 Å². The highest BCUT2D eigenvalue weighted by Gasteiger charge is 2.26. The molecular formula is C30H39BrN6O4S. The molecule has 2 fully saturated rings. The Bertz CT molecular complexity index is 1310. The lowest BCUT2D eigenvalue weighted by Crippen LogP contribution is -2.48. The Morgan fingerprint density at radius 1 is 0.976 bits per heavy atom. The van der Waals surface area contributed by atoms with Gasteiger partial charge in [-0.15, -0.1) is 0 Å². The number of rotatable bonds is 11. The first-order valence-electron chi connectivity index (χ1n) is 14.3. The molecule has 0 saturated carbocycles. The first kappa shape index (κ1) is 30.5. The fraction of sp³-hybridized carbons (Fsp3) is 0.500. The number of hydrogen-bond donors (Lipinski definition) is 1. The standard InChI is InChI=1S/C30H39BrN6O4S/c1-39-25-16-22(17-26(40-2)28(25)41-3)29(38)36-14-12-35(13-15-36)20-27-33-30(42-34-27)32-18-24-6-4-5-11-37(24)19-21-7-9-23(31)10-8-21/h7-10,16-17,24H,4-6,11-15,18-20H2,1-3H3,(H,32,33,34)/t24-/m0/s1. The van der Waals surface area contributed by atoms with E-state index < -0.39 is 0 Å². The van der Waals surface area contributed by atoms with Crippen LogP contribution in [0, 0.1) is 0 Å². The van der Waals surface area contributed by atoms with Gasteiger partial charge in [0.15, 0.2) is 17.3 Å². The molecule has 10 nitrogen and oxygen atoms in total. The summed E-state index contributed by atoms with van der Waals surface area (Å²) in [5.74, 6) is 2.19. The number of methoxy groups -OCH3 is 3. The van der Waals surface area contributed by atoms with E-state index in [0.717, 1.165) is 48.2 Å². The minimum atomic E-state index is -0.0518. The van der Waals surface area contributed by atoms with Crippen LogP contribution in [0.5, 0.6) is 17.2 Å². The molecule has 12 heteroatoms. The molecule has 0 spiro atoms. The molecule has 1 aromatic heterocycles. The Hall–Kier alpha value is -2.93. The molecule has 1 N–H and O–H groups in total. The second-order valence-electron chi connectivity index (χ2n) is 10.6. The zero-order valence-corrected chi connectivity index (χ0v) is 26.9. The summed E-state index contributed by atoms with van der Waals surface area (Å²) in [4.78, 5) is 24.8. The van der Waals surface area contributed by atoms with E-state index in [1.54, 1.807) is 33.5 Å². The maximum absolute atomic E-state index is 13.3. The average Bonchev–Trinajstić information content (AvgIpc) is 3.48. The van der Waals surface area contributed by atoms with Crippen molar-refractivity contribution in [3.63, 3.8) is 0 Å². The number of carbonyl (C=O) groups is 1. The SMILES string of the molecule is COc1cc(C(=O)N2CCN(Cc3nsc(NC[C@@H]4CCCCN4Cc4ccc(Br)cc4)n3)CC2)cc(OC)c1OC. The second-order valence-corrected chi connectivity index (χ2v) is 12.3. The van der Waals surface area contributed by atoms with Crippen molar-refractivity contribution in [3.05, 3.63) is 57.8 Å². The molecule has 2 aromatic carbocycles. The van der Waals surface area contributed by atoms with Gasteiger partial charge in [0.2, 0.25) is 10.9 Å². The number of ether oxygens (including phenoxy) is 3. The van der Waals surface area contributed by atoms with Crippen LogP contribution >= 0.6 is 27.5 Å². The molecule has 2 aliphatic heterocycles. The number of halogens is 1. The summed E-state index contributed by atoms with van der Waals surface area (Å²) in [6.07, 6.45) is 3.70. The monoisotopic (exact) mass is 658 g/mol. The van der Waals surface area contributed by atoms with E-state index in [1.165, 1.54) is 36.4 Å². The van der Waals surface area contributed by atoms with Gasteiger partial charge >= 0.3 is 0 Å². The predicted molar refractivity (Wildman–Crippen MR) is 168 cm³/mol. The lowest BCUT2D eigenvalue weighted by atomic mass is 10.0. The topological polar surface area (TPSA) is 92.3 Å². The molecule has 1 amide bonds. The Kier molecular flexibility index (Phi) is 10.5. The van der Waals surface area contributed by atoms with Crippen LogP contribution in [0.1, 0.15) is 41.0 Å². The van der Waals surface area contributed by atoms with Crippen LogP contribution in [0.25, 0.3) is 0 Å². The van der Waals surface area contributed by atoms with Crippen LogP contribution in [-0.4, -0.2) is 96.6 Å². The number of nitrogens with zero attached hydrogens (tertiary/aromatic N) is 5. The first-order valence-corrected chi connectivity index (χ1v) is 15.9. The molecule has 42 heavy (non-hydrogen) atoms. The van der Waals surface area contributed by atoms with Crippen LogP contribution in [0.2, 0.25) is 0 Å². The lowest BCUT2D eigenvalue weighted by Gasteiger charge is -2.35. The first-order chi connectivity index (χ1) is 20.5. The quantitative estimate of drug-likeness (QED) is 0.313. The zero-order valence-electron chi connectivity index (χ0n) is 24.5. The van der Waals surface area contributed by atoms with Gasteiger partial charge in [-0.1, -0.05) is 34.5 Å². The van der Waals surface area contributed by atoms with Gasteiger partial charge in [-0.2, -0.15) is 4.37 Å². The molecule has 2 saturated heterocycles. The third kappa shape index (κ3) is 7.52. The van der Waals surface area contributed by atoms with Gasteiger partial charge in [0.1, 0.15) is 0 Å². The van der Waals surface area contributed by atoms with Crippen LogP contribution in [0.15, 0.2) is 40.9 Å². The predicted octanol–water partition coefficient (Wildman–Crippen LogP) is 4.75. The molecule has 3 heterocycles. The van der Waals surface area contributed by atoms with Crippen LogP contribution in [0.3, 0.4) is 0 Å². The summed E-state index contributed by atoms with van der Waals surface area (Å²) in [5.41, 5.74) is 1.86. The van der Waals surface area contributed by atoms with E-state index in [4.69, 9.17) is 19.2 Å². The molecule has 1 atom stereocenters. The lowest BCUT2D eigenvalue weighted by molar-refractivity contribution is 0.0625. The summed E-state index contributed by atoms with van der Waals surface area (Å²) in [5, 5.41) is 4.43. The number of likely N-dealkylation sites (tertiary alicyclic amines) is 1. The normalized spacial score (nSPS) is 18.1. The van der Waals surface area contributed by atoms with E-state index in [0.29, 0.717) is 48.5 Å². The van der Waals surface area contributed by atoms with Crippen molar-refractivity contribution in [1.82, 2.24) is 24.1 Å². The molecule has 226 valence electrons. The van der Waals surface area contributed by atoms with E-state index in [-0.39, 0.29) is 5.91 Å². The Balaban J connectivity index is 1.10. The van der Waals surface area contributed by atoms with Crippen molar-refractivity contribution in [1.29, 1.82) is 0 Å². The number of aromatic nitrogens is 2. The smallest absolute Gasteiger partial charge is 0.254 e. The van der Waals surface area contributed by atoms with E-state index in [2.05, 4.69) is 59.7 Å². The highest BCUT2D eigenvalue weighted by Crippen LogP contribution is 2.38. The summed E-state index contributed by atoms with van der Waals surface area (Å²) in [6, 6.07) is 12.5. The van der Waals surface area contributed by atoms with Gasteiger partial charge in [-0.3, -0.25) is 14.6 Å². The summed E-state index contributed by atoms with van der Waals surface area (Å²) >= 11 is 4.96. The highest BCUT2D eigenvalue weighted by atomic mass is 79.9. The fourth-order valence-electron chi connectivity index (χ4n) is 5.61. The van der Waals surface area contributed by atoms with Crippen molar-refractivity contribution in [2.45, 2.75) is 38.4 Å². The molecule has 3 aromatic rings. The average molecular weight is 660 g/mol. The van der Waals surface area contributed by atoms with Gasteiger partial charge in [0.05, 0.1) is 27.9 Å². The van der Waals surface area contributed by atoms with Gasteiger partial charge in [-0.25, -0.2) is 4.98 Å². The van der Waals surface area contributed by atoms with Gasteiger partial charge < -0.3 is 24.4 Å². The molecule has 0 radical (unpaired) electrons. The number of nitrogens with one attached hydrogen (secondary N) is 1. The van der Waals surface area contributed by atoms with E-state index >= 15 is 0 Å². The number of piperidine rings is 1. The van der Waals surface area contributed by atoms with E-state index in [9.17, 15) is 4.79 Å². The van der Waals surface area contributed by atoms with E-state index in [1.807, 2.05) is 4.90 Å². The van der Waals surface area contributed by atoms with Crippen LogP contribution < -0.4 is 19.5 Å². The third-order valence-electron chi connectivity index (χ3n) is 7.94. The number of anilines is 1. The maximum Gasteiger partial charge on any atom is 0.254 e. The summed E-state index contributed by atoms with van der Waals surface area (Å²) in [6.45, 7) is 6.39. The van der Waals surface area contributed by atoms with Gasteiger partial charge in [0.25, 0.3) is 5.91 Å². The van der Waals surface area contributed by atoms with Crippen LogP contribution in [0.4, 0.5) is 5.13 Å². The largest absolute Gasteiger partial charge is 0.493 e. The van der Waals surface area contributed by atoms with Gasteiger partial charge in [0, 0.05) is 66.9 Å². The second kappa shape index (κ2) is 14.5. The van der Waals surface area contributed by atoms with Crippen molar-refractivity contribution >= 4 is 38.5 Å². The zero-order chi connectivity index (χ0) is 29.5. The molecule has 0 unspecified atom stereocenters. The summed E-state index contributed by atoms with van der Waals surface area (Å²) < 4.78 is 22.0. The molecule has 0 bridgehead atoms. The Labute approximate surface area is 260 Å². The Morgan fingerprint density at radius 2 is 1.69 bits per heavy atom. The van der Waals surface area contributed by atoms with Crippen molar-refractivity contribution in [3.8, 4) is 17.2 Å². The van der Waals surface area contributed by atoms with Crippen molar-refractivity contribution < 1.29 is 19.0 Å². The van der Waals surface area contributed by atoms with Crippen molar-refractivity contribution in [2.24, 2.45) is 0 Å². The minimum absolute atomic E-state index is 0.0518. The third-order valence-corrected chi connectivity index (χ3v) is 9.18. The van der Waals surface area contributed by atoms with Crippen molar-refractivity contribution in [2.75, 3.05) is 65.9 Å². The Morgan fingerprint density at radius 3 is 2.36 bits per heavy atom. The maximum atomic E-state index is 13.3. The molecule has 2 aliphatic rings. The number of amides is 1. The minimum Gasteiger partial charge on any atom is -0.493 e. The number of hydrogen-bond acceptors (Lipinski definition) is 10. The number of piperazine rings is 1. The highest BCUT2D eigenvalue weighted by molar-refractivity contribution is 9.10. The number of benzene rings is 2. The fourth-order valence-corrected chi connectivity index (χ4v) is 6.46. The number of carbonyl (C=O) groups excluding carboxylic acids is 1.